The first-order valence-corrected chi connectivity index (χ1v) is 3.20. The zero-order valence-corrected chi connectivity index (χ0v) is 6.32. The third-order valence-electron chi connectivity index (χ3n) is 1.16. The van der Waals surface area contributed by atoms with Gasteiger partial charge < -0.3 is 5.11 Å². The van der Waals surface area contributed by atoms with E-state index in [2.05, 4.69) is 4.98 Å². The summed E-state index contributed by atoms with van der Waals surface area (Å²) in [6, 6.07) is 0. The molecule has 1 aromatic heterocycles. The van der Waals surface area contributed by atoms with Crippen LogP contribution in [-0.4, -0.2) is 10.1 Å². The molecule has 1 aromatic rings. The van der Waals surface area contributed by atoms with Gasteiger partial charge in [-0.1, -0.05) is 11.6 Å². The third-order valence-corrected chi connectivity index (χ3v) is 1.45. The second kappa shape index (κ2) is 2.82. The van der Waals surface area contributed by atoms with Crippen LogP contribution in [-0.2, 0) is 6.18 Å². The fourth-order valence-electron chi connectivity index (χ4n) is 0.705. The van der Waals surface area contributed by atoms with E-state index < -0.39 is 22.5 Å². The number of halogens is 4. The predicted octanol–water partition coefficient (Wildman–Crippen LogP) is 2.46. The molecule has 0 aliphatic heterocycles. The summed E-state index contributed by atoms with van der Waals surface area (Å²) in [7, 11) is 0. The number of alkyl halides is 3. The van der Waals surface area contributed by atoms with Crippen molar-refractivity contribution in [2.75, 3.05) is 0 Å². The van der Waals surface area contributed by atoms with E-state index in [1.807, 2.05) is 0 Å². The fraction of sp³-hybridized carbons (Fsp3) is 0.167. The molecule has 0 amide bonds. The van der Waals surface area contributed by atoms with Crippen LogP contribution in [0.25, 0.3) is 0 Å². The zero-order valence-electron chi connectivity index (χ0n) is 5.56. The van der Waals surface area contributed by atoms with Gasteiger partial charge in [-0.2, -0.15) is 13.2 Å². The quantitative estimate of drug-likeness (QED) is 0.693. The molecule has 1 rings (SSSR count). The van der Waals surface area contributed by atoms with Crippen LogP contribution >= 0.6 is 11.6 Å². The Labute approximate surface area is 70.6 Å². The van der Waals surface area contributed by atoms with Gasteiger partial charge in [-0.25, -0.2) is 0 Å². The maximum Gasteiger partial charge on any atom is 0.421 e. The Balaban J connectivity index is 3.31. The molecule has 0 radical (unpaired) electrons. The number of aromatic nitrogens is 1. The van der Waals surface area contributed by atoms with Crippen LogP contribution in [0, 0.1) is 0 Å². The van der Waals surface area contributed by atoms with Crippen molar-refractivity contribution >= 4 is 11.6 Å². The molecule has 6 heteroatoms. The summed E-state index contributed by atoms with van der Waals surface area (Å²) < 4.78 is 36.1. The molecule has 2 nitrogen and oxygen atoms in total. The first-order chi connectivity index (χ1) is 5.43. The highest BCUT2D eigenvalue weighted by molar-refractivity contribution is 6.31. The lowest BCUT2D eigenvalue weighted by Crippen LogP contribution is -2.06. The normalized spacial score (nSPS) is 11.7. The van der Waals surface area contributed by atoms with E-state index in [4.69, 9.17) is 16.7 Å². The number of aromatic hydroxyl groups is 1. The Bertz CT molecular complexity index is 279. The minimum atomic E-state index is -4.65. The zero-order chi connectivity index (χ0) is 9.35. The first-order valence-electron chi connectivity index (χ1n) is 2.82. The second-order valence-corrected chi connectivity index (χ2v) is 2.42. The van der Waals surface area contributed by atoms with E-state index in [1.165, 1.54) is 0 Å². The van der Waals surface area contributed by atoms with Crippen LogP contribution in [0.4, 0.5) is 13.2 Å². The average molecular weight is 198 g/mol. The van der Waals surface area contributed by atoms with Gasteiger partial charge in [0.05, 0.1) is 11.2 Å². The molecule has 0 spiro atoms. The minimum absolute atomic E-state index is 0.609. The molecular weight excluding hydrogens is 195 g/mol. The fourth-order valence-corrected chi connectivity index (χ4v) is 0.966. The van der Waals surface area contributed by atoms with Crippen molar-refractivity contribution < 1.29 is 18.3 Å². The topological polar surface area (TPSA) is 33.1 Å². The minimum Gasteiger partial charge on any atom is -0.506 e. The van der Waals surface area contributed by atoms with Gasteiger partial charge in [0.2, 0.25) is 0 Å². The lowest BCUT2D eigenvalue weighted by molar-refractivity contribution is -0.138. The van der Waals surface area contributed by atoms with Gasteiger partial charge >= 0.3 is 6.18 Å². The van der Waals surface area contributed by atoms with Crippen molar-refractivity contribution in [3.8, 4) is 5.75 Å². The van der Waals surface area contributed by atoms with Crippen molar-refractivity contribution in [3.05, 3.63) is 23.0 Å². The van der Waals surface area contributed by atoms with Crippen LogP contribution in [0.2, 0.25) is 5.02 Å². The maximum absolute atomic E-state index is 12.0. The van der Waals surface area contributed by atoms with Gasteiger partial charge in [-0.05, 0) is 0 Å². The van der Waals surface area contributed by atoms with E-state index in [0.29, 0.717) is 6.20 Å². The van der Waals surface area contributed by atoms with E-state index in [-0.39, 0.29) is 0 Å². The molecule has 0 aliphatic carbocycles. The van der Waals surface area contributed by atoms with Gasteiger partial charge in [0.25, 0.3) is 0 Å². The number of nitrogens with zero attached hydrogens (tertiary/aromatic N) is 1. The lowest BCUT2D eigenvalue weighted by atomic mass is 10.2. The highest BCUT2D eigenvalue weighted by atomic mass is 35.5. The van der Waals surface area contributed by atoms with Crippen LogP contribution in [0.5, 0.6) is 5.75 Å². The van der Waals surface area contributed by atoms with Crippen LogP contribution in [0.1, 0.15) is 5.56 Å². The van der Waals surface area contributed by atoms with Gasteiger partial charge in [0.15, 0.2) is 0 Å². The third kappa shape index (κ3) is 1.61. The largest absolute Gasteiger partial charge is 0.506 e. The predicted molar refractivity (Wildman–Crippen MR) is 35.9 cm³/mol. The van der Waals surface area contributed by atoms with Gasteiger partial charge in [-0.15, -0.1) is 0 Å². The SMILES string of the molecule is Oc1cncc(Cl)c1C(F)(F)F. The van der Waals surface area contributed by atoms with Crippen molar-refractivity contribution in [2.45, 2.75) is 6.18 Å². The monoisotopic (exact) mass is 197 g/mol. The van der Waals surface area contributed by atoms with Crippen LogP contribution in [0.15, 0.2) is 12.4 Å². The molecular formula is C6H3ClF3NO. The Morgan fingerprint density at radius 2 is 1.92 bits per heavy atom. The molecule has 0 aromatic carbocycles. The Kier molecular flexibility index (Phi) is 2.14. The molecule has 0 saturated carbocycles. The summed E-state index contributed by atoms with van der Waals surface area (Å²) in [5.41, 5.74) is -1.25. The molecule has 66 valence electrons. The molecule has 1 heterocycles. The van der Waals surface area contributed by atoms with Crippen molar-refractivity contribution in [1.29, 1.82) is 0 Å². The van der Waals surface area contributed by atoms with E-state index in [0.717, 1.165) is 6.20 Å². The maximum atomic E-state index is 12.0. The number of rotatable bonds is 0. The number of hydrogen-bond acceptors (Lipinski definition) is 2. The van der Waals surface area contributed by atoms with Crippen LogP contribution < -0.4 is 0 Å². The summed E-state index contributed by atoms with van der Waals surface area (Å²) in [4.78, 5) is 3.28. The molecule has 0 saturated heterocycles. The number of hydrogen-bond donors (Lipinski definition) is 1. The van der Waals surface area contributed by atoms with Gasteiger partial charge in [0.1, 0.15) is 11.3 Å². The summed E-state index contributed by atoms with van der Waals surface area (Å²) in [5.74, 6) is -0.963. The average Bonchev–Trinajstić information content (AvgIpc) is 1.82. The van der Waals surface area contributed by atoms with Crippen molar-refractivity contribution in [3.63, 3.8) is 0 Å². The van der Waals surface area contributed by atoms with Crippen LogP contribution in [0.3, 0.4) is 0 Å². The first kappa shape index (κ1) is 9.12. The van der Waals surface area contributed by atoms with E-state index in [1.54, 1.807) is 0 Å². The Morgan fingerprint density at radius 3 is 2.25 bits per heavy atom. The number of pyridine rings is 1. The Morgan fingerprint density at radius 1 is 1.33 bits per heavy atom. The van der Waals surface area contributed by atoms with E-state index in [9.17, 15) is 13.2 Å². The second-order valence-electron chi connectivity index (χ2n) is 2.01. The summed E-state index contributed by atoms with van der Waals surface area (Å²) >= 11 is 5.17. The van der Waals surface area contributed by atoms with E-state index >= 15 is 0 Å². The highest BCUT2D eigenvalue weighted by Crippen LogP contribution is 2.39. The summed E-state index contributed by atoms with van der Waals surface area (Å²) in [6.45, 7) is 0. The molecule has 12 heavy (non-hydrogen) atoms. The Hall–Kier alpha value is -0.970. The molecule has 1 N–H and O–H groups in total. The summed E-state index contributed by atoms with van der Waals surface area (Å²) in [5, 5.41) is 8.15. The van der Waals surface area contributed by atoms with Gasteiger partial charge in [-0.3, -0.25) is 4.98 Å². The molecule has 0 bridgehead atoms. The molecule has 0 aliphatic rings. The summed E-state index contributed by atoms with van der Waals surface area (Å²) in [6.07, 6.45) is -3.14. The molecule has 0 unspecified atom stereocenters. The van der Waals surface area contributed by atoms with Crippen molar-refractivity contribution in [2.24, 2.45) is 0 Å². The smallest absolute Gasteiger partial charge is 0.421 e. The molecule has 0 atom stereocenters. The lowest BCUT2D eigenvalue weighted by Gasteiger charge is -2.09. The standard InChI is InChI=1S/C6H3ClF3NO/c7-3-1-11-2-4(12)5(3)6(8,9)10/h1-2,12H. The molecule has 0 fully saturated rings. The van der Waals surface area contributed by atoms with Crippen molar-refractivity contribution in [1.82, 2.24) is 4.98 Å². The highest BCUT2D eigenvalue weighted by Gasteiger charge is 2.36. The van der Waals surface area contributed by atoms with Gasteiger partial charge in [0, 0.05) is 6.20 Å².